The van der Waals surface area contributed by atoms with Crippen LogP contribution in [0.3, 0.4) is 0 Å². The van der Waals surface area contributed by atoms with Crippen molar-refractivity contribution in [3.63, 3.8) is 0 Å². The minimum Gasteiger partial charge on any atom is -0.434 e. The highest BCUT2D eigenvalue weighted by Gasteiger charge is 2.20. The number of aromatic nitrogens is 3. The van der Waals surface area contributed by atoms with Crippen LogP contribution in [0.15, 0.2) is 42.7 Å². The number of hydrogen-bond donors (Lipinski definition) is 2. The summed E-state index contributed by atoms with van der Waals surface area (Å²) >= 11 is 0. The summed E-state index contributed by atoms with van der Waals surface area (Å²) in [6, 6.07) is 12.1. The third-order valence-corrected chi connectivity index (χ3v) is 5.54. The molecule has 1 aliphatic rings. The van der Waals surface area contributed by atoms with Crippen LogP contribution in [0.4, 0.5) is 26.0 Å². The molecule has 2 aromatic carbocycles. The Balaban J connectivity index is 1.41. The Hall–Kier alpha value is -4.23. The molecule has 1 saturated heterocycles. The first-order valence-electron chi connectivity index (χ1n) is 10.6. The van der Waals surface area contributed by atoms with Crippen LogP contribution in [0.2, 0.25) is 0 Å². The fourth-order valence-corrected chi connectivity index (χ4v) is 3.87. The van der Waals surface area contributed by atoms with Crippen LogP contribution in [0.25, 0.3) is 10.9 Å². The van der Waals surface area contributed by atoms with E-state index in [-0.39, 0.29) is 33.9 Å². The van der Waals surface area contributed by atoms with Gasteiger partial charge in [-0.3, -0.25) is 0 Å². The molecular weight excluding hydrogens is 442 g/mol. The summed E-state index contributed by atoms with van der Waals surface area (Å²) in [6.45, 7) is 4.72. The van der Waals surface area contributed by atoms with Crippen molar-refractivity contribution in [2.45, 2.75) is 6.92 Å². The van der Waals surface area contributed by atoms with E-state index in [1.165, 1.54) is 12.4 Å². The molecule has 1 aliphatic heterocycles. The summed E-state index contributed by atoms with van der Waals surface area (Å²) in [5.74, 6) is -1.80. The molecule has 5 rings (SSSR count). The van der Waals surface area contributed by atoms with Crippen LogP contribution in [0, 0.1) is 29.9 Å². The van der Waals surface area contributed by atoms with Crippen molar-refractivity contribution in [2.75, 3.05) is 36.5 Å². The van der Waals surface area contributed by atoms with Crippen LogP contribution < -0.4 is 15.0 Å². The first-order valence-corrected chi connectivity index (χ1v) is 10.6. The van der Waals surface area contributed by atoms with Gasteiger partial charge in [-0.15, -0.1) is 0 Å². The Bertz CT molecular complexity index is 1390. The minimum absolute atomic E-state index is 0.0371. The number of aryl methyl sites for hydroxylation is 1. The second-order valence-corrected chi connectivity index (χ2v) is 7.80. The smallest absolute Gasteiger partial charge is 0.242 e. The molecule has 0 saturated carbocycles. The highest BCUT2D eigenvalue weighted by atomic mass is 19.1. The van der Waals surface area contributed by atoms with Gasteiger partial charge in [0.05, 0.1) is 18.7 Å². The minimum atomic E-state index is -0.753. The van der Waals surface area contributed by atoms with Gasteiger partial charge in [-0.2, -0.15) is 5.26 Å². The van der Waals surface area contributed by atoms with Gasteiger partial charge in [-0.05, 0) is 37.3 Å². The van der Waals surface area contributed by atoms with Gasteiger partial charge in [0.15, 0.2) is 28.8 Å². The highest BCUT2D eigenvalue weighted by Crippen LogP contribution is 2.34. The lowest BCUT2D eigenvalue weighted by molar-refractivity contribution is 0.122. The van der Waals surface area contributed by atoms with E-state index in [1.54, 1.807) is 6.92 Å². The first kappa shape index (κ1) is 21.6. The molecule has 0 bridgehead atoms. The first-order chi connectivity index (χ1) is 16.5. The molecule has 0 amide bonds. The van der Waals surface area contributed by atoms with E-state index in [0.29, 0.717) is 24.6 Å². The fraction of sp³-hybridized carbons (Fsp3) is 0.208. The van der Waals surface area contributed by atoms with Crippen LogP contribution >= 0.6 is 0 Å². The molecule has 172 valence electrons. The quantitative estimate of drug-likeness (QED) is 0.440. The topological polar surface area (TPSA) is 99.1 Å². The van der Waals surface area contributed by atoms with Crippen molar-refractivity contribution in [3.8, 4) is 17.7 Å². The monoisotopic (exact) mass is 462 g/mol. The van der Waals surface area contributed by atoms with E-state index < -0.39 is 11.6 Å². The molecule has 34 heavy (non-hydrogen) atoms. The number of nitriles is 1. The Labute approximate surface area is 193 Å². The van der Waals surface area contributed by atoms with Gasteiger partial charge in [-0.25, -0.2) is 18.7 Å². The zero-order chi connectivity index (χ0) is 23.7. The van der Waals surface area contributed by atoms with Crippen LogP contribution in [0.5, 0.6) is 11.6 Å². The van der Waals surface area contributed by atoms with Gasteiger partial charge >= 0.3 is 0 Å². The van der Waals surface area contributed by atoms with Gasteiger partial charge in [0.1, 0.15) is 12.4 Å². The molecule has 3 heterocycles. The molecular formula is C24H20F2N6O2. The molecule has 0 unspecified atom stereocenters. The molecule has 8 nitrogen and oxygen atoms in total. The van der Waals surface area contributed by atoms with Crippen LogP contribution in [-0.4, -0.2) is 41.3 Å². The maximum atomic E-state index is 15.0. The summed E-state index contributed by atoms with van der Waals surface area (Å²) in [5, 5.41) is 12.9. The van der Waals surface area contributed by atoms with Crippen LogP contribution in [0.1, 0.15) is 11.3 Å². The molecule has 0 radical (unpaired) electrons. The number of halogens is 2. The van der Waals surface area contributed by atoms with Crippen molar-refractivity contribution in [2.24, 2.45) is 0 Å². The number of benzene rings is 2. The highest BCUT2D eigenvalue weighted by molar-refractivity contribution is 5.83. The number of H-pyrrole nitrogens is 1. The predicted octanol–water partition coefficient (Wildman–Crippen LogP) is 4.79. The number of morpholine rings is 1. The summed E-state index contributed by atoms with van der Waals surface area (Å²) in [6.07, 6.45) is 1.19. The number of anilines is 3. The van der Waals surface area contributed by atoms with E-state index >= 15 is 0 Å². The normalized spacial score (nSPS) is 13.6. The van der Waals surface area contributed by atoms with Crippen molar-refractivity contribution in [1.29, 1.82) is 5.26 Å². The molecule has 2 N–H and O–H groups in total. The third kappa shape index (κ3) is 4.09. The predicted molar refractivity (Wildman–Crippen MR) is 123 cm³/mol. The molecule has 0 atom stereocenters. The molecule has 1 fully saturated rings. The maximum absolute atomic E-state index is 15.0. The van der Waals surface area contributed by atoms with E-state index in [4.69, 9.17) is 9.47 Å². The van der Waals surface area contributed by atoms with Gasteiger partial charge in [0.25, 0.3) is 0 Å². The van der Waals surface area contributed by atoms with Crippen LogP contribution in [-0.2, 0) is 4.74 Å². The standard InChI is InChI=1S/C24H20F2N6O2/c1-14-10-17-21(26)20(11-19(25)22(17)30-14)34-24-18(12-27)23(28-13-29-24)31-15-2-4-16(5-3-15)32-6-8-33-9-7-32/h2-5,10-11,13,30H,6-9H2,1H3,(H,28,29,31). The SMILES string of the molecule is Cc1cc2c(F)c(Oc3ncnc(Nc4ccc(N5CCOCC5)cc4)c3C#N)cc(F)c2[nH]1. The van der Waals surface area contributed by atoms with E-state index in [2.05, 4.69) is 25.2 Å². The van der Waals surface area contributed by atoms with Crippen molar-refractivity contribution >= 4 is 28.1 Å². The summed E-state index contributed by atoms with van der Waals surface area (Å²) < 4.78 is 40.3. The number of hydrogen-bond acceptors (Lipinski definition) is 7. The van der Waals surface area contributed by atoms with Gasteiger partial charge in [0, 0.05) is 41.6 Å². The second-order valence-electron chi connectivity index (χ2n) is 7.80. The van der Waals surface area contributed by atoms with Gasteiger partial charge < -0.3 is 24.7 Å². The molecule has 2 aromatic heterocycles. The Morgan fingerprint density at radius 1 is 1.15 bits per heavy atom. The molecule has 0 spiro atoms. The third-order valence-electron chi connectivity index (χ3n) is 5.54. The number of fused-ring (bicyclic) bond motifs is 1. The number of aromatic amines is 1. The van der Waals surface area contributed by atoms with Crippen molar-refractivity contribution in [1.82, 2.24) is 15.0 Å². The lowest BCUT2D eigenvalue weighted by Gasteiger charge is -2.28. The van der Waals surface area contributed by atoms with Gasteiger partial charge in [-0.1, -0.05) is 0 Å². The summed E-state index contributed by atoms with van der Waals surface area (Å²) in [5.41, 5.74) is 2.38. The molecule has 4 aromatic rings. The Kier molecular flexibility index (Phi) is 5.69. The molecule has 10 heteroatoms. The second kappa shape index (κ2) is 8.96. The van der Waals surface area contributed by atoms with Gasteiger partial charge in [0.2, 0.25) is 5.88 Å². The van der Waals surface area contributed by atoms with E-state index in [9.17, 15) is 14.0 Å². The molecule has 0 aliphatic carbocycles. The van der Waals surface area contributed by atoms with E-state index in [0.717, 1.165) is 24.8 Å². The van der Waals surface area contributed by atoms with Crippen molar-refractivity contribution < 1.29 is 18.3 Å². The average molecular weight is 462 g/mol. The van der Waals surface area contributed by atoms with Crippen molar-refractivity contribution in [3.05, 3.63) is 65.6 Å². The summed E-state index contributed by atoms with van der Waals surface area (Å²) in [4.78, 5) is 13.1. The Morgan fingerprint density at radius 2 is 1.91 bits per heavy atom. The fourth-order valence-electron chi connectivity index (χ4n) is 3.87. The zero-order valence-corrected chi connectivity index (χ0v) is 18.2. The number of rotatable bonds is 5. The Morgan fingerprint density at radius 3 is 2.65 bits per heavy atom. The largest absolute Gasteiger partial charge is 0.434 e. The zero-order valence-electron chi connectivity index (χ0n) is 18.2. The number of nitrogens with one attached hydrogen (secondary N) is 2. The average Bonchev–Trinajstić information content (AvgIpc) is 3.26. The maximum Gasteiger partial charge on any atom is 0.242 e. The number of nitrogens with zero attached hydrogens (tertiary/aromatic N) is 4. The summed E-state index contributed by atoms with van der Waals surface area (Å²) in [7, 11) is 0. The lowest BCUT2D eigenvalue weighted by atomic mass is 10.2. The van der Waals surface area contributed by atoms with E-state index in [1.807, 2.05) is 30.3 Å². The number of ether oxygens (including phenoxy) is 2. The lowest BCUT2D eigenvalue weighted by Crippen LogP contribution is -2.36.